The minimum atomic E-state index is 0.110. The zero-order chi connectivity index (χ0) is 12.1. The van der Waals surface area contributed by atoms with Crippen molar-refractivity contribution in [2.75, 3.05) is 5.32 Å². The molecule has 2 aromatic rings. The van der Waals surface area contributed by atoms with Crippen molar-refractivity contribution in [3.63, 3.8) is 0 Å². The molecular weight excluding hydrogens is 236 g/mol. The third kappa shape index (κ3) is 3.67. The van der Waals surface area contributed by atoms with E-state index in [2.05, 4.69) is 20.3 Å². The number of nitrogens with zero attached hydrogens (tertiary/aromatic N) is 3. The summed E-state index contributed by atoms with van der Waals surface area (Å²) < 4.78 is 5.49. The predicted molar refractivity (Wildman–Crippen MR) is 67.2 cm³/mol. The largest absolute Gasteiger partial charge is 0.475 e. The van der Waals surface area contributed by atoms with Crippen LogP contribution in [0.4, 0.5) is 5.95 Å². The Bertz CT molecular complexity index is 458. The fourth-order valence-corrected chi connectivity index (χ4v) is 1.76. The van der Waals surface area contributed by atoms with E-state index >= 15 is 0 Å². The van der Waals surface area contributed by atoms with Crippen LogP contribution in [0, 0.1) is 0 Å². The Morgan fingerprint density at radius 1 is 1.47 bits per heavy atom. The molecule has 0 radical (unpaired) electrons. The molecule has 0 unspecified atom stereocenters. The predicted octanol–water partition coefficient (Wildman–Crippen LogP) is 2.33. The van der Waals surface area contributed by atoms with E-state index in [0.29, 0.717) is 18.4 Å². The zero-order valence-electron chi connectivity index (χ0n) is 9.75. The highest BCUT2D eigenvalue weighted by atomic mass is 32.1. The van der Waals surface area contributed by atoms with Gasteiger partial charge >= 0.3 is 0 Å². The summed E-state index contributed by atoms with van der Waals surface area (Å²) in [7, 11) is 0. The van der Waals surface area contributed by atoms with Gasteiger partial charge in [0.2, 0.25) is 11.8 Å². The van der Waals surface area contributed by atoms with Crippen LogP contribution >= 0.6 is 11.3 Å². The van der Waals surface area contributed by atoms with Gasteiger partial charge in [0.25, 0.3) is 0 Å². The van der Waals surface area contributed by atoms with Crippen molar-refractivity contribution in [3.8, 4) is 5.88 Å². The molecule has 0 aliphatic heterocycles. The maximum Gasteiger partial charge on any atom is 0.226 e. The number of ether oxygens (including phenoxy) is 1. The minimum Gasteiger partial charge on any atom is -0.475 e. The van der Waals surface area contributed by atoms with Gasteiger partial charge in [0.15, 0.2) is 0 Å². The van der Waals surface area contributed by atoms with Crippen LogP contribution < -0.4 is 10.1 Å². The Hall–Kier alpha value is -1.69. The van der Waals surface area contributed by atoms with Gasteiger partial charge in [0.05, 0.1) is 18.2 Å². The number of nitrogens with one attached hydrogen (secondary N) is 1. The van der Waals surface area contributed by atoms with Crippen LogP contribution in [-0.2, 0) is 6.54 Å². The highest BCUT2D eigenvalue weighted by Crippen LogP contribution is 2.12. The summed E-state index contributed by atoms with van der Waals surface area (Å²) in [6.45, 7) is 4.61. The summed E-state index contributed by atoms with van der Waals surface area (Å²) in [6.07, 6.45) is 3.62. The van der Waals surface area contributed by atoms with Gasteiger partial charge in [-0.2, -0.15) is 4.98 Å². The lowest BCUT2D eigenvalue weighted by atomic mass is 10.5. The molecule has 2 heterocycles. The standard InChI is InChI=1S/C11H14N4OS/c1-8(2)16-10-3-4-13-11(15-10)14-6-9-5-12-7-17-9/h3-5,7-8H,6H2,1-2H3,(H,13,14,15). The monoisotopic (exact) mass is 250 g/mol. The van der Waals surface area contributed by atoms with E-state index in [1.54, 1.807) is 29.1 Å². The molecule has 0 aromatic carbocycles. The Morgan fingerprint density at radius 2 is 2.35 bits per heavy atom. The van der Waals surface area contributed by atoms with E-state index in [1.807, 2.05) is 20.0 Å². The number of hydrogen-bond donors (Lipinski definition) is 1. The number of anilines is 1. The summed E-state index contributed by atoms with van der Waals surface area (Å²) in [6, 6.07) is 1.75. The van der Waals surface area contributed by atoms with E-state index < -0.39 is 0 Å². The highest BCUT2D eigenvalue weighted by molar-refractivity contribution is 7.09. The summed E-state index contributed by atoms with van der Waals surface area (Å²) in [5, 5.41) is 3.13. The Kier molecular flexibility index (Phi) is 3.87. The molecule has 0 spiro atoms. The quantitative estimate of drug-likeness (QED) is 0.882. The average Bonchev–Trinajstić information content (AvgIpc) is 2.79. The molecule has 0 aliphatic carbocycles. The summed E-state index contributed by atoms with van der Waals surface area (Å²) in [5.41, 5.74) is 1.80. The van der Waals surface area contributed by atoms with Crippen LogP contribution in [0.3, 0.4) is 0 Å². The van der Waals surface area contributed by atoms with E-state index in [0.717, 1.165) is 4.88 Å². The lowest BCUT2D eigenvalue weighted by molar-refractivity contribution is 0.232. The van der Waals surface area contributed by atoms with Gasteiger partial charge in [0, 0.05) is 23.3 Å². The summed E-state index contributed by atoms with van der Waals surface area (Å²) in [4.78, 5) is 13.5. The van der Waals surface area contributed by atoms with Crippen molar-refractivity contribution in [3.05, 3.63) is 28.8 Å². The maximum absolute atomic E-state index is 5.49. The number of aromatic nitrogens is 3. The molecule has 2 rings (SSSR count). The molecule has 0 fully saturated rings. The minimum absolute atomic E-state index is 0.110. The first kappa shape index (κ1) is 11.8. The third-order valence-electron chi connectivity index (χ3n) is 1.89. The molecule has 0 atom stereocenters. The van der Waals surface area contributed by atoms with Crippen LogP contribution in [0.1, 0.15) is 18.7 Å². The normalized spacial score (nSPS) is 10.5. The molecule has 0 saturated heterocycles. The first-order valence-electron chi connectivity index (χ1n) is 5.35. The van der Waals surface area contributed by atoms with E-state index in [9.17, 15) is 0 Å². The number of hydrogen-bond acceptors (Lipinski definition) is 6. The number of thiazole rings is 1. The van der Waals surface area contributed by atoms with Crippen LogP contribution in [0.5, 0.6) is 5.88 Å². The van der Waals surface area contributed by atoms with Crippen molar-refractivity contribution < 1.29 is 4.74 Å². The molecule has 0 saturated carbocycles. The molecule has 90 valence electrons. The Balaban J connectivity index is 1.96. The van der Waals surface area contributed by atoms with Crippen molar-refractivity contribution in [2.24, 2.45) is 0 Å². The van der Waals surface area contributed by atoms with Crippen molar-refractivity contribution >= 4 is 17.3 Å². The molecule has 2 aromatic heterocycles. The van der Waals surface area contributed by atoms with Gasteiger partial charge in [0.1, 0.15) is 0 Å². The molecule has 0 amide bonds. The van der Waals surface area contributed by atoms with Crippen LogP contribution in [0.15, 0.2) is 24.0 Å². The Morgan fingerprint density at radius 3 is 3.06 bits per heavy atom. The first-order chi connectivity index (χ1) is 8.24. The lowest BCUT2D eigenvalue weighted by Gasteiger charge is -2.09. The molecule has 0 bridgehead atoms. The van der Waals surface area contributed by atoms with Crippen molar-refractivity contribution in [1.82, 2.24) is 15.0 Å². The van der Waals surface area contributed by atoms with Crippen molar-refractivity contribution in [1.29, 1.82) is 0 Å². The van der Waals surface area contributed by atoms with Gasteiger partial charge in [-0.1, -0.05) is 0 Å². The van der Waals surface area contributed by atoms with Gasteiger partial charge in [-0.15, -0.1) is 11.3 Å². The summed E-state index contributed by atoms with van der Waals surface area (Å²) >= 11 is 1.60. The molecule has 5 nitrogen and oxygen atoms in total. The van der Waals surface area contributed by atoms with Gasteiger partial charge in [-0.05, 0) is 13.8 Å². The zero-order valence-corrected chi connectivity index (χ0v) is 10.6. The second-order valence-corrected chi connectivity index (χ2v) is 4.68. The van der Waals surface area contributed by atoms with Crippen LogP contribution in [-0.4, -0.2) is 21.1 Å². The van der Waals surface area contributed by atoms with Gasteiger partial charge in [-0.25, -0.2) is 4.98 Å². The first-order valence-corrected chi connectivity index (χ1v) is 6.23. The fraction of sp³-hybridized carbons (Fsp3) is 0.364. The maximum atomic E-state index is 5.49. The molecule has 0 aliphatic rings. The van der Waals surface area contributed by atoms with E-state index in [-0.39, 0.29) is 6.10 Å². The topological polar surface area (TPSA) is 59.9 Å². The third-order valence-corrected chi connectivity index (χ3v) is 2.67. The fourth-order valence-electron chi connectivity index (χ4n) is 1.23. The lowest BCUT2D eigenvalue weighted by Crippen LogP contribution is -2.09. The summed E-state index contributed by atoms with van der Waals surface area (Å²) in [5.74, 6) is 1.15. The smallest absolute Gasteiger partial charge is 0.226 e. The molecule has 17 heavy (non-hydrogen) atoms. The van der Waals surface area contributed by atoms with Gasteiger partial charge in [-0.3, -0.25) is 4.98 Å². The number of rotatable bonds is 5. The van der Waals surface area contributed by atoms with Crippen molar-refractivity contribution in [2.45, 2.75) is 26.5 Å². The van der Waals surface area contributed by atoms with Crippen LogP contribution in [0.2, 0.25) is 0 Å². The van der Waals surface area contributed by atoms with E-state index in [1.165, 1.54) is 0 Å². The SMILES string of the molecule is CC(C)Oc1ccnc(NCc2cncs2)n1. The second-order valence-electron chi connectivity index (χ2n) is 3.71. The second kappa shape index (κ2) is 5.58. The molecule has 6 heteroatoms. The molecular formula is C11H14N4OS. The molecule has 1 N–H and O–H groups in total. The Labute approximate surface area is 104 Å². The van der Waals surface area contributed by atoms with Crippen LogP contribution in [0.25, 0.3) is 0 Å². The van der Waals surface area contributed by atoms with E-state index in [4.69, 9.17) is 4.74 Å². The van der Waals surface area contributed by atoms with Gasteiger partial charge < -0.3 is 10.1 Å². The average molecular weight is 250 g/mol. The highest BCUT2D eigenvalue weighted by Gasteiger charge is 2.02.